The summed E-state index contributed by atoms with van der Waals surface area (Å²) in [5, 5.41) is 15.4. The Morgan fingerprint density at radius 1 is 0.643 bits per heavy atom. The Balaban J connectivity index is 0.000000390. The smallest absolute Gasteiger partial charge is 0.242 e. The van der Waals surface area contributed by atoms with Gasteiger partial charge in [-0.15, -0.1) is 16.4 Å². The lowest BCUT2D eigenvalue weighted by Crippen LogP contribution is -1.97. The van der Waals surface area contributed by atoms with Crippen LogP contribution in [0.25, 0.3) is 0 Å². The molecule has 10 heterocycles. The molecule has 0 spiro atoms. The Kier molecular flexibility index (Phi) is 35.8. The first-order valence-corrected chi connectivity index (χ1v) is 24.9. The van der Waals surface area contributed by atoms with Gasteiger partial charge in [-0.05, 0) is 158 Å². The normalized spacial score (nSPS) is 15.0. The van der Waals surface area contributed by atoms with Crippen molar-refractivity contribution in [1.82, 2.24) is 55.2 Å². The third-order valence-corrected chi connectivity index (χ3v) is 10.5. The molecule has 2 atom stereocenters. The van der Waals surface area contributed by atoms with Gasteiger partial charge in [0.15, 0.2) is 12.1 Å². The Hall–Kier alpha value is -4.27. The molecule has 0 aromatic carbocycles. The quantitative estimate of drug-likeness (QED) is 0.111. The highest BCUT2D eigenvalue weighted by atomic mass is 35.5. The second kappa shape index (κ2) is 39.4. The summed E-state index contributed by atoms with van der Waals surface area (Å²) in [5.74, 6) is 2.88. The van der Waals surface area contributed by atoms with E-state index in [1.165, 1.54) is 19.3 Å². The van der Waals surface area contributed by atoms with Crippen LogP contribution in [0.15, 0.2) is 83.6 Å². The summed E-state index contributed by atoms with van der Waals surface area (Å²) in [6.07, 6.45) is 16.3. The van der Waals surface area contributed by atoms with Gasteiger partial charge >= 0.3 is 0 Å². The van der Waals surface area contributed by atoms with E-state index < -0.39 is 0 Å². The van der Waals surface area contributed by atoms with Crippen molar-refractivity contribution in [3.8, 4) is 0 Å². The molecule has 16 nitrogen and oxygen atoms in total. The highest BCUT2D eigenvalue weighted by molar-refractivity contribution is 7.09. The first-order valence-electron chi connectivity index (χ1n) is 22.1. The number of rotatable bonds is 0. The van der Waals surface area contributed by atoms with Crippen LogP contribution in [0.5, 0.6) is 0 Å². The van der Waals surface area contributed by atoms with E-state index in [0.29, 0.717) is 28.3 Å². The van der Waals surface area contributed by atoms with E-state index in [1.807, 2.05) is 65.1 Å². The van der Waals surface area contributed by atoms with Gasteiger partial charge in [-0.2, -0.15) is 4.98 Å². The zero-order valence-corrected chi connectivity index (χ0v) is 46.3. The number of nitrogens with zero attached hydrogens (tertiary/aromatic N) is 10. The van der Waals surface area contributed by atoms with Gasteiger partial charge in [0.25, 0.3) is 0 Å². The lowest BCUT2D eigenvalue weighted by atomic mass is 10.2. The highest BCUT2D eigenvalue weighted by Crippen LogP contribution is 2.12. The maximum atomic E-state index is 5.67. The molecule has 10 rings (SSSR count). The number of nitrogens with one attached hydrogen (secondary N) is 1. The molecule has 7 aromatic heterocycles. The molecule has 3 aliphatic rings. The fourth-order valence-electron chi connectivity index (χ4n) is 4.70. The molecule has 7 aromatic rings. The SMILES string of the molecule is CC1CCCO1.CC1CCOC1.CC1OCCO1.Cc1ccnc(Cl)c1.Cc1ccnc(Cl)n1.Cc1ccncc1Cl.Cc1cnccc1Cl.Cc1nc(Cl)n[nH]1.Cc1nccs1.Cc1noc(C)n1. The molecule has 0 aliphatic carbocycles. The van der Waals surface area contributed by atoms with Crippen molar-refractivity contribution in [3.05, 3.63) is 150 Å². The molecule has 0 amide bonds. The Morgan fingerprint density at radius 2 is 1.34 bits per heavy atom. The van der Waals surface area contributed by atoms with Gasteiger partial charge < -0.3 is 23.5 Å². The molecule has 3 fully saturated rings. The first-order chi connectivity index (χ1) is 33.3. The van der Waals surface area contributed by atoms with Gasteiger partial charge in [0, 0.05) is 86.2 Å². The van der Waals surface area contributed by atoms with Gasteiger partial charge in [0.2, 0.25) is 16.5 Å². The summed E-state index contributed by atoms with van der Waals surface area (Å²) < 4.78 is 24.7. The molecule has 3 saturated heterocycles. The maximum Gasteiger partial charge on any atom is 0.242 e. The largest absolute Gasteiger partial charge is 0.381 e. The summed E-state index contributed by atoms with van der Waals surface area (Å²) in [4.78, 5) is 30.5. The van der Waals surface area contributed by atoms with E-state index in [2.05, 4.69) is 73.6 Å². The van der Waals surface area contributed by atoms with Crippen molar-refractivity contribution in [2.24, 2.45) is 5.92 Å². The minimum absolute atomic E-state index is 0.0463. The van der Waals surface area contributed by atoms with Crippen LogP contribution in [0.1, 0.15) is 85.0 Å². The number of halogens is 5. The molecule has 22 heteroatoms. The monoisotopic (exact) mass is 1080 g/mol. The molecule has 2 unspecified atom stereocenters. The zero-order chi connectivity index (χ0) is 52.1. The summed E-state index contributed by atoms with van der Waals surface area (Å²) in [6.45, 7) is 25.8. The lowest BCUT2D eigenvalue weighted by molar-refractivity contribution is -0.0254. The summed E-state index contributed by atoms with van der Waals surface area (Å²) in [5.41, 5.74) is 4.13. The van der Waals surface area contributed by atoms with E-state index in [9.17, 15) is 0 Å². The van der Waals surface area contributed by atoms with Crippen molar-refractivity contribution in [2.45, 2.75) is 108 Å². The summed E-state index contributed by atoms with van der Waals surface area (Å²) in [7, 11) is 0. The average molecular weight is 1090 g/mol. The van der Waals surface area contributed by atoms with Crippen molar-refractivity contribution in [3.63, 3.8) is 0 Å². The number of hydrogen-bond acceptors (Lipinski definition) is 16. The average Bonchev–Trinajstić information content (AvgIpc) is 4.21. The number of H-pyrrole nitrogens is 1. The third-order valence-electron chi connectivity index (χ3n) is 8.43. The maximum absolute atomic E-state index is 5.67. The van der Waals surface area contributed by atoms with Crippen molar-refractivity contribution < 1.29 is 23.5 Å². The number of aromatic amines is 1. The summed E-state index contributed by atoms with van der Waals surface area (Å²) in [6, 6.07) is 9.18. The molecule has 0 saturated carbocycles. The van der Waals surface area contributed by atoms with E-state index >= 15 is 0 Å². The van der Waals surface area contributed by atoms with Gasteiger partial charge in [-0.25, -0.2) is 19.9 Å². The predicted octanol–water partition coefficient (Wildman–Crippen LogP) is 13.1. The Labute approximate surface area is 442 Å². The number of pyridine rings is 3. The molecular formula is C48H66Cl5N11O5S. The summed E-state index contributed by atoms with van der Waals surface area (Å²) >= 11 is 29.2. The number of thiazole rings is 1. The number of ether oxygens (including phenoxy) is 4. The number of hydrogen-bond donors (Lipinski definition) is 1. The molecule has 384 valence electrons. The van der Waals surface area contributed by atoms with Gasteiger partial charge in [0.1, 0.15) is 11.0 Å². The number of aryl methyl sites for hydroxylation is 8. The minimum Gasteiger partial charge on any atom is -0.381 e. The first kappa shape index (κ1) is 63.7. The molecule has 0 bridgehead atoms. The minimum atomic E-state index is 0.0463. The van der Waals surface area contributed by atoms with Crippen LogP contribution in [0.3, 0.4) is 0 Å². The molecule has 1 N–H and O–H groups in total. The predicted molar refractivity (Wildman–Crippen MR) is 281 cm³/mol. The Morgan fingerprint density at radius 3 is 1.60 bits per heavy atom. The van der Waals surface area contributed by atoms with Crippen LogP contribution in [-0.4, -0.2) is 101 Å². The zero-order valence-electron chi connectivity index (χ0n) is 41.7. The van der Waals surface area contributed by atoms with Crippen LogP contribution >= 0.6 is 69.3 Å². The molecular weight excluding hydrogens is 1020 g/mol. The van der Waals surface area contributed by atoms with Crippen molar-refractivity contribution >= 4 is 69.3 Å². The molecule has 70 heavy (non-hydrogen) atoms. The second-order valence-electron chi connectivity index (χ2n) is 15.1. The second-order valence-corrected chi connectivity index (χ2v) is 18.1. The van der Waals surface area contributed by atoms with Crippen LogP contribution in [0.2, 0.25) is 25.8 Å². The third kappa shape index (κ3) is 35.8. The lowest BCUT2D eigenvalue weighted by Gasteiger charge is -1.94. The van der Waals surface area contributed by atoms with Crippen LogP contribution in [0.4, 0.5) is 0 Å². The van der Waals surface area contributed by atoms with Gasteiger partial charge in [0.05, 0.1) is 29.3 Å². The number of aromatic nitrogens is 11. The van der Waals surface area contributed by atoms with Crippen molar-refractivity contribution in [2.75, 3.05) is 33.0 Å². The topological polar surface area (TPSA) is 195 Å². The van der Waals surface area contributed by atoms with Gasteiger partial charge in [-0.3, -0.25) is 20.1 Å². The van der Waals surface area contributed by atoms with Crippen LogP contribution in [-0.2, 0) is 18.9 Å². The highest BCUT2D eigenvalue weighted by Gasteiger charge is 2.08. The van der Waals surface area contributed by atoms with Crippen LogP contribution in [0, 0.1) is 61.3 Å². The fourth-order valence-corrected chi connectivity index (χ4v) is 5.95. The standard InChI is InChI=1S/3C6H6ClN.C5H5ClN2.2C5H10O.C4H6N2O.C4H5NS.C4H8O2.C3H4ClN3/c1-5-4-8-3-2-6(5)7;1-5-2-3-8-4-6(5)7;1-5-2-3-8-6(7)4-5;1-4-2-3-7-5(6)8-4;1-5-2-3-6-4-5;1-5-3-2-4-6-5;1-3-5-4(2)7-6-3;2*1-4-5-2-3-6-4;1-2-5-3(4)7-6-2/h3*2-4H,1H3;2-3H,1H3;2*5H,2-4H2,1H3;1-2H3;2-3H,1H3;4H,2-3H2,1H3;1H3,(H,5,6,7). The molecule has 0 radical (unpaired) electrons. The van der Waals surface area contributed by atoms with E-state index in [4.69, 9.17) is 77.0 Å². The Bertz CT molecular complexity index is 2080. The van der Waals surface area contributed by atoms with Crippen LogP contribution < -0.4 is 0 Å². The van der Waals surface area contributed by atoms with Gasteiger partial charge in [-0.1, -0.05) is 46.9 Å². The van der Waals surface area contributed by atoms with Crippen molar-refractivity contribution in [1.29, 1.82) is 0 Å². The molecule has 3 aliphatic heterocycles. The van der Waals surface area contributed by atoms with E-state index in [-0.39, 0.29) is 11.6 Å². The van der Waals surface area contributed by atoms with E-state index in [1.54, 1.807) is 87.6 Å². The fraction of sp³-hybridized carbons (Fsp3) is 0.458. The van der Waals surface area contributed by atoms with E-state index in [0.717, 1.165) is 82.2 Å².